The lowest BCUT2D eigenvalue weighted by Crippen LogP contribution is -2.50. The number of rotatable bonds is 0. The molecule has 0 saturated carbocycles. The number of carbonyl (C=O) groups is 1. The SMILES string of the molecule is O=C1CN2C(=NN1)COc1cccnc12. The molecule has 1 amide bonds. The van der Waals surface area contributed by atoms with E-state index in [9.17, 15) is 4.79 Å². The zero-order valence-corrected chi connectivity index (χ0v) is 7.80. The third-order valence-electron chi connectivity index (χ3n) is 2.29. The molecule has 1 aromatic rings. The van der Waals surface area contributed by atoms with Crippen molar-refractivity contribution in [2.24, 2.45) is 5.10 Å². The molecule has 0 unspecified atom stereocenters. The van der Waals surface area contributed by atoms with Crippen molar-refractivity contribution in [3.05, 3.63) is 18.3 Å². The predicted molar refractivity (Wildman–Crippen MR) is 52.7 cm³/mol. The molecular formula is C9H8N4O2. The number of nitrogens with one attached hydrogen (secondary N) is 1. The summed E-state index contributed by atoms with van der Waals surface area (Å²) in [6.07, 6.45) is 1.66. The largest absolute Gasteiger partial charge is 0.482 e. The molecule has 1 N–H and O–H groups in total. The highest BCUT2D eigenvalue weighted by Gasteiger charge is 2.29. The maximum absolute atomic E-state index is 11.2. The Hall–Kier alpha value is -2.11. The minimum Gasteiger partial charge on any atom is -0.482 e. The van der Waals surface area contributed by atoms with Gasteiger partial charge in [-0.15, -0.1) is 0 Å². The van der Waals surface area contributed by atoms with Gasteiger partial charge in [0.2, 0.25) is 0 Å². The number of fused-ring (bicyclic) bond motifs is 3. The molecule has 2 aliphatic heterocycles. The lowest BCUT2D eigenvalue weighted by molar-refractivity contribution is -0.119. The summed E-state index contributed by atoms with van der Waals surface area (Å²) in [4.78, 5) is 17.1. The number of hydrogen-bond acceptors (Lipinski definition) is 5. The van der Waals surface area contributed by atoms with Crippen LogP contribution >= 0.6 is 0 Å². The maximum Gasteiger partial charge on any atom is 0.260 e. The Balaban J connectivity index is 2.09. The molecule has 3 rings (SSSR count). The van der Waals surface area contributed by atoms with Gasteiger partial charge in [0.05, 0.1) is 0 Å². The van der Waals surface area contributed by atoms with Gasteiger partial charge in [-0.05, 0) is 12.1 Å². The first-order valence-corrected chi connectivity index (χ1v) is 4.55. The number of pyridine rings is 1. The average Bonchev–Trinajstić information content (AvgIpc) is 2.29. The quantitative estimate of drug-likeness (QED) is 0.631. The van der Waals surface area contributed by atoms with E-state index in [1.54, 1.807) is 17.2 Å². The molecule has 0 saturated heterocycles. The van der Waals surface area contributed by atoms with E-state index in [4.69, 9.17) is 4.74 Å². The third-order valence-corrected chi connectivity index (χ3v) is 2.29. The molecule has 0 aliphatic carbocycles. The summed E-state index contributed by atoms with van der Waals surface area (Å²) in [6, 6.07) is 3.62. The second-order valence-corrected chi connectivity index (χ2v) is 3.26. The first-order chi connectivity index (χ1) is 7.34. The molecule has 6 heteroatoms. The zero-order valence-electron chi connectivity index (χ0n) is 7.80. The number of ether oxygens (including phenoxy) is 1. The molecule has 0 fully saturated rings. The first-order valence-electron chi connectivity index (χ1n) is 4.55. The molecule has 3 heterocycles. The molecule has 15 heavy (non-hydrogen) atoms. The van der Waals surface area contributed by atoms with Gasteiger partial charge in [-0.25, -0.2) is 10.4 Å². The summed E-state index contributed by atoms with van der Waals surface area (Å²) in [5, 5.41) is 3.91. The minimum atomic E-state index is -0.141. The van der Waals surface area contributed by atoms with Gasteiger partial charge >= 0.3 is 0 Å². The van der Waals surface area contributed by atoms with Crippen LogP contribution in [0.25, 0.3) is 0 Å². The van der Waals surface area contributed by atoms with E-state index in [-0.39, 0.29) is 12.5 Å². The number of nitrogens with zero attached hydrogens (tertiary/aromatic N) is 3. The molecule has 1 aromatic heterocycles. The number of hydrogen-bond donors (Lipinski definition) is 1. The van der Waals surface area contributed by atoms with Crippen molar-refractivity contribution in [1.82, 2.24) is 10.4 Å². The average molecular weight is 204 g/mol. The van der Waals surface area contributed by atoms with E-state index in [1.807, 2.05) is 6.07 Å². The van der Waals surface area contributed by atoms with Gasteiger partial charge in [0.25, 0.3) is 5.91 Å². The molecule has 76 valence electrons. The summed E-state index contributed by atoms with van der Waals surface area (Å²) < 4.78 is 5.44. The van der Waals surface area contributed by atoms with Gasteiger partial charge in [-0.2, -0.15) is 5.10 Å². The summed E-state index contributed by atoms with van der Waals surface area (Å²) >= 11 is 0. The Kier molecular flexibility index (Phi) is 1.61. The number of carbonyl (C=O) groups excluding carboxylic acids is 1. The normalized spacial score (nSPS) is 18.3. The van der Waals surface area contributed by atoms with Crippen molar-refractivity contribution in [2.75, 3.05) is 18.1 Å². The second-order valence-electron chi connectivity index (χ2n) is 3.26. The molecule has 0 spiro atoms. The van der Waals surface area contributed by atoms with Crippen LogP contribution < -0.4 is 15.1 Å². The summed E-state index contributed by atoms with van der Waals surface area (Å²) in [5.74, 6) is 1.88. The highest BCUT2D eigenvalue weighted by atomic mass is 16.5. The van der Waals surface area contributed by atoms with Gasteiger partial charge in [0.1, 0.15) is 13.2 Å². The van der Waals surface area contributed by atoms with Crippen molar-refractivity contribution in [3.63, 3.8) is 0 Å². The molecule has 0 aromatic carbocycles. The summed E-state index contributed by atoms with van der Waals surface area (Å²) in [6.45, 7) is 0.602. The van der Waals surface area contributed by atoms with Crippen molar-refractivity contribution in [1.29, 1.82) is 0 Å². The van der Waals surface area contributed by atoms with E-state index >= 15 is 0 Å². The maximum atomic E-state index is 11.2. The Morgan fingerprint density at radius 2 is 2.47 bits per heavy atom. The van der Waals surface area contributed by atoms with Gasteiger partial charge in [-0.3, -0.25) is 9.69 Å². The first kappa shape index (κ1) is 8.22. The van der Waals surface area contributed by atoms with Crippen LogP contribution in [0, 0.1) is 0 Å². The molecular weight excluding hydrogens is 196 g/mol. The molecule has 0 radical (unpaired) electrons. The number of amidine groups is 1. The van der Waals surface area contributed by atoms with Gasteiger partial charge in [-0.1, -0.05) is 0 Å². The van der Waals surface area contributed by atoms with Crippen LogP contribution in [0.3, 0.4) is 0 Å². The van der Waals surface area contributed by atoms with Crippen LogP contribution in [0.4, 0.5) is 5.82 Å². The number of amides is 1. The third kappa shape index (κ3) is 1.22. The Labute approximate surface area is 85.5 Å². The molecule has 0 atom stereocenters. The smallest absolute Gasteiger partial charge is 0.260 e. The molecule has 0 bridgehead atoms. The topological polar surface area (TPSA) is 66.8 Å². The Bertz CT molecular complexity index is 457. The highest BCUT2D eigenvalue weighted by Crippen LogP contribution is 2.29. The number of anilines is 1. The van der Waals surface area contributed by atoms with Crippen LogP contribution in [-0.2, 0) is 4.79 Å². The van der Waals surface area contributed by atoms with Gasteiger partial charge in [0, 0.05) is 6.20 Å². The lowest BCUT2D eigenvalue weighted by atomic mass is 10.3. The molecule has 6 nitrogen and oxygen atoms in total. The standard InChI is InChI=1S/C9H8N4O2/c14-8-4-13-7(11-12-8)5-15-6-2-1-3-10-9(6)13/h1-3H,4-5H2,(H,12,14). The Morgan fingerprint density at radius 3 is 3.40 bits per heavy atom. The predicted octanol–water partition coefficient (Wildman–Crippen LogP) is -0.276. The highest BCUT2D eigenvalue weighted by molar-refractivity contribution is 6.06. The van der Waals surface area contributed by atoms with E-state index in [0.29, 0.717) is 24.0 Å². The fraction of sp³-hybridized carbons (Fsp3) is 0.222. The molecule has 2 aliphatic rings. The second kappa shape index (κ2) is 2.94. The number of hydrazone groups is 1. The van der Waals surface area contributed by atoms with Crippen LogP contribution in [0.15, 0.2) is 23.4 Å². The van der Waals surface area contributed by atoms with E-state index in [0.717, 1.165) is 0 Å². The summed E-state index contributed by atoms with van der Waals surface area (Å²) in [7, 11) is 0. The van der Waals surface area contributed by atoms with Gasteiger partial charge in [0.15, 0.2) is 17.4 Å². The fourth-order valence-electron chi connectivity index (χ4n) is 1.60. The van der Waals surface area contributed by atoms with Crippen molar-refractivity contribution >= 4 is 17.6 Å². The van der Waals surface area contributed by atoms with Crippen LogP contribution in [0.1, 0.15) is 0 Å². The van der Waals surface area contributed by atoms with Crippen molar-refractivity contribution < 1.29 is 9.53 Å². The number of aromatic nitrogens is 1. The lowest BCUT2D eigenvalue weighted by Gasteiger charge is -2.32. The van der Waals surface area contributed by atoms with Gasteiger partial charge < -0.3 is 4.74 Å². The minimum absolute atomic E-state index is 0.141. The fourth-order valence-corrected chi connectivity index (χ4v) is 1.60. The zero-order chi connectivity index (χ0) is 10.3. The monoisotopic (exact) mass is 204 g/mol. The van der Waals surface area contributed by atoms with Crippen LogP contribution in [-0.4, -0.2) is 29.9 Å². The Morgan fingerprint density at radius 1 is 1.53 bits per heavy atom. The van der Waals surface area contributed by atoms with E-state index in [1.165, 1.54) is 0 Å². The van der Waals surface area contributed by atoms with Crippen molar-refractivity contribution in [2.45, 2.75) is 0 Å². The van der Waals surface area contributed by atoms with Crippen LogP contribution in [0.2, 0.25) is 0 Å². The van der Waals surface area contributed by atoms with E-state index < -0.39 is 0 Å². The summed E-state index contributed by atoms with van der Waals surface area (Å²) in [5.41, 5.74) is 2.41. The van der Waals surface area contributed by atoms with E-state index in [2.05, 4.69) is 15.5 Å². The van der Waals surface area contributed by atoms with Crippen LogP contribution in [0.5, 0.6) is 5.75 Å². The van der Waals surface area contributed by atoms with Crippen molar-refractivity contribution in [3.8, 4) is 5.75 Å².